The molecule has 0 saturated carbocycles. The molecule has 58 valence electrons. The fourth-order valence-corrected chi connectivity index (χ4v) is 1.15. The van der Waals surface area contributed by atoms with Crippen molar-refractivity contribution in [2.75, 3.05) is 13.6 Å². The molecule has 0 N–H and O–H groups in total. The number of amides is 1. The Morgan fingerprint density at radius 2 is 2.30 bits per heavy atom. The number of carbonyl (C=O) groups is 1. The molecule has 1 atom stereocenters. The molecule has 0 radical (unpaired) electrons. The van der Waals surface area contributed by atoms with Crippen LogP contribution in [0.25, 0.3) is 0 Å². The highest BCUT2D eigenvalue weighted by Gasteiger charge is 2.23. The molecule has 1 heterocycles. The molecule has 1 unspecified atom stereocenters. The minimum atomic E-state index is -1.24. The van der Waals surface area contributed by atoms with E-state index in [1.165, 1.54) is 4.90 Å². The summed E-state index contributed by atoms with van der Waals surface area (Å²) in [6.07, 6.45) is 0.927. The van der Waals surface area contributed by atoms with Gasteiger partial charge in [-0.1, -0.05) is 0 Å². The lowest BCUT2D eigenvalue weighted by molar-refractivity contribution is -0.134. The average molecular weight is 145 g/mol. The first-order chi connectivity index (χ1) is 4.72. The summed E-state index contributed by atoms with van der Waals surface area (Å²) in [7, 11) is 1.65. The van der Waals surface area contributed by atoms with Crippen LogP contribution in [0.2, 0.25) is 0 Å². The fourth-order valence-electron chi connectivity index (χ4n) is 1.15. The minimum absolute atomic E-state index is 0.350. The maximum absolute atomic E-state index is 12.7. The molecule has 0 aromatic heterocycles. The van der Waals surface area contributed by atoms with Gasteiger partial charge in [0.05, 0.1) is 0 Å². The van der Waals surface area contributed by atoms with Gasteiger partial charge in [-0.2, -0.15) is 0 Å². The van der Waals surface area contributed by atoms with E-state index in [-0.39, 0.29) is 5.91 Å². The van der Waals surface area contributed by atoms with Crippen LogP contribution < -0.4 is 0 Å². The van der Waals surface area contributed by atoms with Gasteiger partial charge in [0.1, 0.15) is 0 Å². The number of hydrogen-bond donors (Lipinski definition) is 0. The normalized spacial score (nSPS) is 28.4. The molecule has 1 aliphatic rings. The van der Waals surface area contributed by atoms with Crippen molar-refractivity contribution in [2.24, 2.45) is 0 Å². The quantitative estimate of drug-likeness (QED) is 0.497. The summed E-state index contributed by atoms with van der Waals surface area (Å²) in [5.74, 6) is -0.350. The van der Waals surface area contributed by atoms with E-state index in [0.29, 0.717) is 13.0 Å². The maximum Gasteiger partial charge on any atom is 0.256 e. The highest BCUT2D eigenvalue weighted by atomic mass is 19.1. The monoisotopic (exact) mass is 145 g/mol. The van der Waals surface area contributed by atoms with Crippen LogP contribution >= 0.6 is 0 Å². The van der Waals surface area contributed by atoms with Crippen molar-refractivity contribution in [3.63, 3.8) is 0 Å². The van der Waals surface area contributed by atoms with Gasteiger partial charge in [-0.15, -0.1) is 0 Å². The lowest BCUT2D eigenvalue weighted by Gasteiger charge is -2.14. The zero-order chi connectivity index (χ0) is 7.56. The van der Waals surface area contributed by atoms with Crippen LogP contribution in [-0.4, -0.2) is 30.6 Å². The smallest absolute Gasteiger partial charge is 0.256 e. The van der Waals surface area contributed by atoms with E-state index in [4.69, 9.17) is 0 Å². The summed E-state index contributed by atoms with van der Waals surface area (Å²) in [4.78, 5) is 12.4. The topological polar surface area (TPSA) is 20.3 Å². The lowest BCUT2D eigenvalue weighted by Crippen LogP contribution is -2.32. The molecule has 0 spiro atoms. The van der Waals surface area contributed by atoms with Crippen molar-refractivity contribution < 1.29 is 9.18 Å². The molecule has 3 heteroatoms. The zero-order valence-electron chi connectivity index (χ0n) is 6.14. The molecule has 0 aromatic carbocycles. The van der Waals surface area contributed by atoms with E-state index in [2.05, 4.69) is 0 Å². The molecule has 2 nitrogen and oxygen atoms in total. The number of alkyl halides is 1. The number of rotatable bonds is 0. The molecular weight excluding hydrogens is 133 g/mol. The predicted octanol–water partition coefficient (Wildman–Crippen LogP) is 0.967. The number of hydrogen-bond acceptors (Lipinski definition) is 1. The number of carbonyl (C=O) groups excluding carboxylic acids is 1. The van der Waals surface area contributed by atoms with Gasteiger partial charge in [0.2, 0.25) is 0 Å². The van der Waals surface area contributed by atoms with Gasteiger partial charge in [0.25, 0.3) is 5.91 Å². The molecule has 1 aliphatic heterocycles. The molecule has 0 bridgehead atoms. The third-order valence-electron chi connectivity index (χ3n) is 1.85. The molecule has 10 heavy (non-hydrogen) atoms. The van der Waals surface area contributed by atoms with Gasteiger partial charge in [0, 0.05) is 13.6 Å². The Bertz CT molecular complexity index is 124. The molecule has 0 aliphatic carbocycles. The first-order valence-corrected chi connectivity index (χ1v) is 3.61. The van der Waals surface area contributed by atoms with Crippen LogP contribution in [0.5, 0.6) is 0 Å². The largest absolute Gasteiger partial charge is 0.343 e. The molecule has 0 aromatic rings. The van der Waals surface area contributed by atoms with Crippen LogP contribution in [0.1, 0.15) is 19.3 Å². The van der Waals surface area contributed by atoms with E-state index >= 15 is 0 Å². The second kappa shape index (κ2) is 2.99. The van der Waals surface area contributed by atoms with Crippen molar-refractivity contribution in [2.45, 2.75) is 25.4 Å². The van der Waals surface area contributed by atoms with Crippen LogP contribution in [-0.2, 0) is 4.79 Å². The molecule has 1 rings (SSSR count). The Kier molecular flexibility index (Phi) is 2.25. The van der Waals surface area contributed by atoms with Crippen molar-refractivity contribution in [1.29, 1.82) is 0 Å². The summed E-state index contributed by atoms with van der Waals surface area (Å²) < 4.78 is 12.7. The second-order valence-electron chi connectivity index (χ2n) is 2.72. The molecule has 1 saturated heterocycles. The van der Waals surface area contributed by atoms with Crippen molar-refractivity contribution in [1.82, 2.24) is 4.90 Å². The SMILES string of the molecule is CN1CCCCC(F)C1=O. The third kappa shape index (κ3) is 1.46. The van der Waals surface area contributed by atoms with Crippen molar-refractivity contribution >= 4 is 5.91 Å². The number of nitrogens with zero attached hydrogens (tertiary/aromatic N) is 1. The Morgan fingerprint density at radius 3 is 3.00 bits per heavy atom. The van der Waals surface area contributed by atoms with Gasteiger partial charge in [-0.05, 0) is 19.3 Å². The molecule has 1 fully saturated rings. The van der Waals surface area contributed by atoms with E-state index in [1.807, 2.05) is 0 Å². The highest BCUT2D eigenvalue weighted by Crippen LogP contribution is 2.12. The summed E-state index contributed by atoms with van der Waals surface area (Å²) in [5, 5.41) is 0. The van der Waals surface area contributed by atoms with E-state index in [1.54, 1.807) is 7.05 Å². The highest BCUT2D eigenvalue weighted by molar-refractivity contribution is 5.80. The summed E-state index contributed by atoms with van der Waals surface area (Å²) >= 11 is 0. The van der Waals surface area contributed by atoms with Gasteiger partial charge < -0.3 is 4.90 Å². The Labute approximate surface area is 60.0 Å². The van der Waals surface area contributed by atoms with Gasteiger partial charge in [-0.3, -0.25) is 4.79 Å². The summed E-state index contributed by atoms with van der Waals surface area (Å²) in [6.45, 7) is 0.708. The van der Waals surface area contributed by atoms with Crippen LogP contribution in [0, 0.1) is 0 Å². The minimum Gasteiger partial charge on any atom is -0.343 e. The van der Waals surface area contributed by atoms with Gasteiger partial charge in [0.15, 0.2) is 6.17 Å². The first-order valence-electron chi connectivity index (χ1n) is 3.61. The third-order valence-corrected chi connectivity index (χ3v) is 1.85. The zero-order valence-corrected chi connectivity index (χ0v) is 6.14. The summed E-state index contributed by atoms with van der Waals surface area (Å²) in [5.41, 5.74) is 0. The molecule has 1 amide bonds. The fraction of sp³-hybridized carbons (Fsp3) is 0.857. The van der Waals surface area contributed by atoms with E-state index in [9.17, 15) is 9.18 Å². The number of likely N-dealkylation sites (tertiary alicyclic amines) is 1. The number of halogens is 1. The Morgan fingerprint density at radius 1 is 1.60 bits per heavy atom. The second-order valence-corrected chi connectivity index (χ2v) is 2.72. The lowest BCUT2D eigenvalue weighted by atomic mass is 10.2. The van der Waals surface area contributed by atoms with Gasteiger partial charge >= 0.3 is 0 Å². The Hall–Kier alpha value is -0.600. The maximum atomic E-state index is 12.7. The van der Waals surface area contributed by atoms with Gasteiger partial charge in [-0.25, -0.2) is 4.39 Å². The standard InChI is InChI=1S/C7H12FNO/c1-9-5-3-2-4-6(8)7(9)10/h6H,2-5H2,1H3. The van der Waals surface area contributed by atoms with Crippen LogP contribution in [0.3, 0.4) is 0 Å². The predicted molar refractivity (Wildman–Crippen MR) is 36.4 cm³/mol. The van der Waals surface area contributed by atoms with E-state index in [0.717, 1.165) is 12.8 Å². The van der Waals surface area contributed by atoms with E-state index < -0.39 is 6.17 Å². The summed E-state index contributed by atoms with van der Waals surface area (Å²) in [6, 6.07) is 0. The van der Waals surface area contributed by atoms with Crippen LogP contribution in [0.15, 0.2) is 0 Å². The Balaban J connectivity index is 2.55. The first kappa shape index (κ1) is 7.51. The average Bonchev–Trinajstić information content (AvgIpc) is 2.04. The van der Waals surface area contributed by atoms with Crippen molar-refractivity contribution in [3.8, 4) is 0 Å². The van der Waals surface area contributed by atoms with Crippen LogP contribution in [0.4, 0.5) is 4.39 Å². The molecular formula is C7H12FNO. The van der Waals surface area contributed by atoms with Crippen molar-refractivity contribution in [3.05, 3.63) is 0 Å².